The largest absolute Gasteiger partial charge is 0.327 e. The molecule has 0 amide bonds. The fraction of sp³-hybridized carbons (Fsp3) is 1.00. The van der Waals surface area contributed by atoms with Crippen LogP contribution in [-0.4, -0.2) is 12.1 Å². The van der Waals surface area contributed by atoms with Gasteiger partial charge >= 0.3 is 0 Å². The minimum atomic E-state index is 0.368. The van der Waals surface area contributed by atoms with E-state index in [4.69, 9.17) is 11.5 Å². The quantitative estimate of drug-likeness (QED) is 0.790. The van der Waals surface area contributed by atoms with Crippen molar-refractivity contribution in [3.8, 4) is 0 Å². The third-order valence-electron chi connectivity index (χ3n) is 5.05. The SMILES string of the molecule is N[C@@H](C[C@H](N)C1CCCCC1)C1CCCCC1. The molecule has 0 aromatic rings. The molecule has 0 aromatic heterocycles. The maximum absolute atomic E-state index is 6.38. The Labute approximate surface area is 107 Å². The second-order valence-corrected chi connectivity index (χ2v) is 6.36. The van der Waals surface area contributed by atoms with Gasteiger partial charge in [0, 0.05) is 12.1 Å². The normalized spacial score (nSPS) is 27.9. The lowest BCUT2D eigenvalue weighted by Crippen LogP contribution is -2.41. The molecule has 0 saturated heterocycles. The van der Waals surface area contributed by atoms with Crippen LogP contribution in [0.3, 0.4) is 0 Å². The van der Waals surface area contributed by atoms with Gasteiger partial charge in [-0.15, -0.1) is 0 Å². The lowest BCUT2D eigenvalue weighted by atomic mass is 9.77. The van der Waals surface area contributed by atoms with E-state index in [1.807, 2.05) is 0 Å². The number of rotatable bonds is 4. The van der Waals surface area contributed by atoms with Gasteiger partial charge < -0.3 is 11.5 Å². The Bertz CT molecular complexity index is 183. The third-order valence-corrected chi connectivity index (χ3v) is 5.05. The highest BCUT2D eigenvalue weighted by Gasteiger charge is 2.26. The zero-order chi connectivity index (χ0) is 12.1. The van der Waals surface area contributed by atoms with E-state index in [1.165, 1.54) is 64.2 Å². The van der Waals surface area contributed by atoms with Crippen molar-refractivity contribution in [2.45, 2.75) is 82.7 Å². The molecule has 2 heteroatoms. The van der Waals surface area contributed by atoms with E-state index < -0.39 is 0 Å². The molecule has 2 aliphatic rings. The zero-order valence-electron chi connectivity index (χ0n) is 11.2. The number of hydrogen-bond donors (Lipinski definition) is 2. The summed E-state index contributed by atoms with van der Waals surface area (Å²) in [7, 11) is 0. The number of hydrogen-bond acceptors (Lipinski definition) is 2. The maximum atomic E-state index is 6.38. The van der Waals surface area contributed by atoms with Crippen LogP contribution < -0.4 is 11.5 Å². The minimum absolute atomic E-state index is 0.368. The molecule has 2 rings (SSSR count). The van der Waals surface area contributed by atoms with E-state index in [2.05, 4.69) is 0 Å². The Morgan fingerprint density at radius 1 is 0.647 bits per heavy atom. The highest BCUT2D eigenvalue weighted by atomic mass is 14.7. The van der Waals surface area contributed by atoms with Crippen molar-refractivity contribution in [2.24, 2.45) is 23.3 Å². The van der Waals surface area contributed by atoms with Crippen molar-refractivity contribution < 1.29 is 0 Å². The summed E-state index contributed by atoms with van der Waals surface area (Å²) in [6.45, 7) is 0. The average molecular weight is 238 g/mol. The van der Waals surface area contributed by atoms with Gasteiger partial charge in [0.15, 0.2) is 0 Å². The molecule has 2 aliphatic carbocycles. The summed E-state index contributed by atoms with van der Waals surface area (Å²) in [4.78, 5) is 0. The highest BCUT2D eigenvalue weighted by Crippen LogP contribution is 2.31. The van der Waals surface area contributed by atoms with Gasteiger partial charge in [0.25, 0.3) is 0 Å². The second kappa shape index (κ2) is 6.75. The molecule has 2 saturated carbocycles. The maximum Gasteiger partial charge on any atom is 0.00819 e. The molecule has 2 atom stereocenters. The summed E-state index contributed by atoms with van der Waals surface area (Å²) >= 11 is 0. The number of nitrogens with two attached hydrogens (primary N) is 2. The minimum Gasteiger partial charge on any atom is -0.327 e. The Morgan fingerprint density at radius 3 is 1.35 bits per heavy atom. The van der Waals surface area contributed by atoms with E-state index >= 15 is 0 Å². The van der Waals surface area contributed by atoms with E-state index in [-0.39, 0.29) is 0 Å². The van der Waals surface area contributed by atoms with Gasteiger partial charge in [-0.05, 0) is 43.9 Å². The molecule has 0 aromatic carbocycles. The molecule has 0 bridgehead atoms. The molecular formula is C15H30N2. The predicted octanol–water partition coefficient (Wildman–Crippen LogP) is 3.19. The first-order valence-corrected chi connectivity index (χ1v) is 7.78. The first-order chi connectivity index (χ1) is 8.27. The summed E-state index contributed by atoms with van der Waals surface area (Å²) in [6, 6.07) is 0.736. The van der Waals surface area contributed by atoms with Crippen LogP contribution in [0.5, 0.6) is 0 Å². The summed E-state index contributed by atoms with van der Waals surface area (Å²) in [6.07, 6.45) is 14.8. The molecule has 0 heterocycles. The van der Waals surface area contributed by atoms with Crippen LogP contribution in [0.25, 0.3) is 0 Å². The Kier molecular flexibility index (Phi) is 5.30. The van der Waals surface area contributed by atoms with Crippen LogP contribution in [0.1, 0.15) is 70.6 Å². The summed E-state index contributed by atoms with van der Waals surface area (Å²) in [5.74, 6) is 1.52. The Balaban J connectivity index is 1.74. The monoisotopic (exact) mass is 238 g/mol. The van der Waals surface area contributed by atoms with Crippen molar-refractivity contribution in [2.75, 3.05) is 0 Å². The van der Waals surface area contributed by atoms with E-state index in [0.717, 1.165) is 18.3 Å². The predicted molar refractivity (Wildman–Crippen MR) is 73.7 cm³/mol. The van der Waals surface area contributed by atoms with Crippen LogP contribution in [-0.2, 0) is 0 Å². The summed E-state index contributed by atoms with van der Waals surface area (Å²) in [5, 5.41) is 0. The highest BCUT2D eigenvalue weighted by molar-refractivity contribution is 4.84. The van der Waals surface area contributed by atoms with Crippen molar-refractivity contribution in [3.63, 3.8) is 0 Å². The first kappa shape index (κ1) is 13.4. The molecule has 0 aliphatic heterocycles. The molecule has 100 valence electrons. The summed E-state index contributed by atoms with van der Waals surface area (Å²) in [5.41, 5.74) is 12.8. The van der Waals surface area contributed by atoms with Crippen molar-refractivity contribution in [1.29, 1.82) is 0 Å². The average Bonchev–Trinajstić information content (AvgIpc) is 2.40. The molecule has 2 nitrogen and oxygen atoms in total. The fourth-order valence-electron chi connectivity index (χ4n) is 3.82. The van der Waals surface area contributed by atoms with Gasteiger partial charge in [-0.1, -0.05) is 38.5 Å². The van der Waals surface area contributed by atoms with E-state index in [0.29, 0.717) is 12.1 Å². The molecule has 0 radical (unpaired) electrons. The van der Waals surface area contributed by atoms with Gasteiger partial charge in [-0.25, -0.2) is 0 Å². The van der Waals surface area contributed by atoms with Crippen LogP contribution >= 0.6 is 0 Å². The Hall–Kier alpha value is -0.0800. The van der Waals surface area contributed by atoms with E-state index in [9.17, 15) is 0 Å². The smallest absolute Gasteiger partial charge is 0.00819 e. The van der Waals surface area contributed by atoms with Gasteiger partial charge in [-0.2, -0.15) is 0 Å². The van der Waals surface area contributed by atoms with E-state index in [1.54, 1.807) is 0 Å². The molecule has 4 N–H and O–H groups in total. The van der Waals surface area contributed by atoms with Crippen LogP contribution in [0.15, 0.2) is 0 Å². The Morgan fingerprint density at radius 2 is 1.00 bits per heavy atom. The van der Waals surface area contributed by atoms with Gasteiger partial charge in [0.1, 0.15) is 0 Å². The van der Waals surface area contributed by atoms with Crippen molar-refractivity contribution in [1.82, 2.24) is 0 Å². The summed E-state index contributed by atoms with van der Waals surface area (Å²) < 4.78 is 0. The fourth-order valence-corrected chi connectivity index (χ4v) is 3.82. The van der Waals surface area contributed by atoms with Crippen molar-refractivity contribution in [3.05, 3.63) is 0 Å². The lowest BCUT2D eigenvalue weighted by molar-refractivity contribution is 0.240. The standard InChI is InChI=1S/C15H30N2/c16-14(12-7-3-1-4-8-12)11-15(17)13-9-5-2-6-10-13/h12-15H,1-11,16-17H2/t14-,15-/m0/s1. The molecular weight excluding hydrogens is 208 g/mol. The van der Waals surface area contributed by atoms with Crippen molar-refractivity contribution >= 4 is 0 Å². The van der Waals surface area contributed by atoms with Gasteiger partial charge in [0.2, 0.25) is 0 Å². The molecule has 0 spiro atoms. The van der Waals surface area contributed by atoms with Crippen LogP contribution in [0.2, 0.25) is 0 Å². The van der Waals surface area contributed by atoms with Crippen LogP contribution in [0, 0.1) is 11.8 Å². The first-order valence-electron chi connectivity index (χ1n) is 7.78. The lowest BCUT2D eigenvalue weighted by Gasteiger charge is -2.33. The molecule has 0 unspecified atom stereocenters. The molecule has 2 fully saturated rings. The molecule has 17 heavy (non-hydrogen) atoms. The zero-order valence-corrected chi connectivity index (χ0v) is 11.2. The van der Waals surface area contributed by atoms with Gasteiger partial charge in [-0.3, -0.25) is 0 Å². The second-order valence-electron chi connectivity index (χ2n) is 6.36. The van der Waals surface area contributed by atoms with Gasteiger partial charge in [0.05, 0.1) is 0 Å². The topological polar surface area (TPSA) is 52.0 Å². The third kappa shape index (κ3) is 3.96. The van der Waals surface area contributed by atoms with Crippen LogP contribution in [0.4, 0.5) is 0 Å².